The first-order chi connectivity index (χ1) is 14.2. The molecule has 1 aliphatic rings. The minimum atomic E-state index is -4.49. The van der Waals surface area contributed by atoms with E-state index in [0.29, 0.717) is 31.8 Å². The Morgan fingerprint density at radius 3 is 2.70 bits per heavy atom. The van der Waals surface area contributed by atoms with Crippen molar-refractivity contribution in [3.63, 3.8) is 0 Å². The fourth-order valence-corrected chi connectivity index (χ4v) is 3.37. The van der Waals surface area contributed by atoms with Gasteiger partial charge in [0, 0.05) is 43.2 Å². The molecule has 9 heteroatoms. The van der Waals surface area contributed by atoms with Crippen molar-refractivity contribution >= 4 is 16.8 Å². The molecule has 1 aliphatic heterocycles. The van der Waals surface area contributed by atoms with Gasteiger partial charge in [-0.05, 0) is 29.8 Å². The van der Waals surface area contributed by atoms with E-state index in [4.69, 9.17) is 21.1 Å². The Labute approximate surface area is 176 Å². The zero-order valence-electron chi connectivity index (χ0n) is 15.9. The van der Waals surface area contributed by atoms with Crippen LogP contribution in [-0.4, -0.2) is 36.4 Å². The van der Waals surface area contributed by atoms with Gasteiger partial charge in [-0.2, -0.15) is 13.2 Å². The summed E-state index contributed by atoms with van der Waals surface area (Å²) >= 11 is 5.37. The van der Waals surface area contributed by atoms with Crippen molar-refractivity contribution in [1.29, 1.82) is 0 Å². The van der Waals surface area contributed by atoms with Gasteiger partial charge in [-0.15, -0.1) is 0 Å². The summed E-state index contributed by atoms with van der Waals surface area (Å²) in [6, 6.07) is 9.23. The average Bonchev–Trinajstić information content (AvgIpc) is 2.70. The second kappa shape index (κ2) is 9.76. The lowest BCUT2D eigenvalue weighted by molar-refractivity contribution is -0.138. The number of alkyl halides is 3. The van der Waals surface area contributed by atoms with Crippen molar-refractivity contribution in [3.05, 3.63) is 65.0 Å². The Morgan fingerprint density at radius 1 is 1.23 bits per heavy atom. The van der Waals surface area contributed by atoms with Gasteiger partial charge in [-0.25, -0.2) is 4.39 Å². The van der Waals surface area contributed by atoms with E-state index in [0.717, 1.165) is 12.1 Å². The quantitative estimate of drug-likeness (QED) is 0.446. The molecular formula is C21H20ClF4NO3. The number of carbonyl (C=O) groups excluding carboxylic acids is 1. The van der Waals surface area contributed by atoms with Gasteiger partial charge in [0.2, 0.25) is 5.24 Å². The molecule has 162 valence electrons. The Hall–Kier alpha value is -2.16. The number of hydrogen-bond donors (Lipinski definition) is 0. The lowest BCUT2D eigenvalue weighted by Crippen LogP contribution is -2.39. The van der Waals surface area contributed by atoms with E-state index >= 15 is 0 Å². The average molecular weight is 446 g/mol. The molecule has 0 aliphatic carbocycles. The predicted molar refractivity (Wildman–Crippen MR) is 103 cm³/mol. The van der Waals surface area contributed by atoms with Crippen molar-refractivity contribution in [3.8, 4) is 5.75 Å². The van der Waals surface area contributed by atoms with E-state index < -0.39 is 28.9 Å². The fourth-order valence-electron chi connectivity index (χ4n) is 3.28. The lowest BCUT2D eigenvalue weighted by atomic mass is 10.1. The molecule has 0 aromatic heterocycles. The third-order valence-electron chi connectivity index (χ3n) is 4.81. The van der Waals surface area contributed by atoms with Crippen LogP contribution in [0.3, 0.4) is 0 Å². The van der Waals surface area contributed by atoms with Crippen LogP contribution < -0.4 is 4.74 Å². The molecule has 30 heavy (non-hydrogen) atoms. The fraction of sp³-hybridized carbons (Fsp3) is 0.381. The van der Waals surface area contributed by atoms with Gasteiger partial charge >= 0.3 is 6.18 Å². The molecule has 0 N–H and O–H groups in total. The van der Waals surface area contributed by atoms with Crippen molar-refractivity contribution < 1.29 is 31.8 Å². The van der Waals surface area contributed by atoms with Gasteiger partial charge < -0.3 is 9.47 Å². The number of hydrogen-bond acceptors (Lipinski definition) is 4. The number of morpholine rings is 1. The maximum Gasteiger partial charge on any atom is 0.416 e. The molecule has 2 aromatic rings. The van der Waals surface area contributed by atoms with Crippen LogP contribution in [0.4, 0.5) is 17.6 Å². The van der Waals surface area contributed by atoms with Crippen LogP contribution in [0.5, 0.6) is 5.75 Å². The third kappa shape index (κ3) is 5.93. The van der Waals surface area contributed by atoms with Gasteiger partial charge in [0.1, 0.15) is 18.2 Å². The first-order valence-electron chi connectivity index (χ1n) is 9.33. The molecule has 0 bridgehead atoms. The maximum absolute atomic E-state index is 14.6. The number of benzene rings is 2. The summed E-state index contributed by atoms with van der Waals surface area (Å²) in [5, 5.41) is -0.433. The molecule has 2 aromatic carbocycles. The SMILES string of the molecule is O=C(Cl)CCN1CCOC(c2ccc(OCc3ccccc3C(F)(F)F)cc2F)C1. The van der Waals surface area contributed by atoms with Gasteiger partial charge in [0.25, 0.3) is 0 Å². The second-order valence-corrected chi connectivity index (χ2v) is 7.31. The summed E-state index contributed by atoms with van der Waals surface area (Å²) in [7, 11) is 0. The smallest absolute Gasteiger partial charge is 0.416 e. The second-order valence-electron chi connectivity index (χ2n) is 6.89. The largest absolute Gasteiger partial charge is 0.489 e. The van der Waals surface area contributed by atoms with Crippen molar-refractivity contribution in [1.82, 2.24) is 4.90 Å². The monoisotopic (exact) mass is 445 g/mol. The zero-order valence-corrected chi connectivity index (χ0v) is 16.7. The molecule has 3 rings (SSSR count). The summed E-state index contributed by atoms with van der Waals surface area (Å²) in [5.41, 5.74) is -0.497. The molecule has 0 amide bonds. The molecular weight excluding hydrogens is 426 g/mol. The predicted octanol–water partition coefficient (Wildman–Crippen LogP) is 4.95. The first kappa shape index (κ1) is 22.5. The molecule has 1 saturated heterocycles. The van der Waals surface area contributed by atoms with Crippen molar-refractivity contribution in [2.75, 3.05) is 26.2 Å². The van der Waals surface area contributed by atoms with Gasteiger partial charge in [-0.3, -0.25) is 9.69 Å². The Kier molecular flexibility index (Phi) is 7.33. The van der Waals surface area contributed by atoms with Crippen LogP contribution in [0.1, 0.15) is 29.2 Å². The minimum Gasteiger partial charge on any atom is -0.489 e. The molecule has 4 nitrogen and oxygen atoms in total. The van der Waals surface area contributed by atoms with E-state index in [-0.39, 0.29) is 24.3 Å². The van der Waals surface area contributed by atoms with Crippen LogP contribution in [0.2, 0.25) is 0 Å². The van der Waals surface area contributed by atoms with Crippen LogP contribution in [-0.2, 0) is 22.3 Å². The first-order valence-corrected chi connectivity index (χ1v) is 9.71. The topological polar surface area (TPSA) is 38.8 Å². The summed E-state index contributed by atoms with van der Waals surface area (Å²) in [6.45, 7) is 1.52. The number of nitrogens with zero attached hydrogens (tertiary/aromatic N) is 1. The molecule has 1 heterocycles. The van der Waals surface area contributed by atoms with Crippen molar-refractivity contribution in [2.45, 2.75) is 25.3 Å². The molecule has 1 atom stereocenters. The van der Waals surface area contributed by atoms with Crippen LogP contribution in [0.15, 0.2) is 42.5 Å². The standard InChI is InChI=1S/C21H20ClF4NO3/c22-20(28)7-8-27-9-10-29-19(12-27)16-6-5-15(11-18(16)23)30-13-14-3-1-2-4-17(14)21(24,25)26/h1-6,11,19H,7-10,12-13H2. The number of ether oxygens (including phenoxy) is 2. The highest BCUT2D eigenvalue weighted by Gasteiger charge is 2.33. The molecule has 1 unspecified atom stereocenters. The van der Waals surface area contributed by atoms with Crippen LogP contribution >= 0.6 is 11.6 Å². The molecule has 0 saturated carbocycles. The highest BCUT2D eigenvalue weighted by atomic mass is 35.5. The van der Waals surface area contributed by atoms with Gasteiger partial charge in [0.15, 0.2) is 0 Å². The molecule has 0 radical (unpaired) electrons. The Morgan fingerprint density at radius 2 is 2.00 bits per heavy atom. The van der Waals surface area contributed by atoms with Crippen LogP contribution in [0.25, 0.3) is 0 Å². The lowest BCUT2D eigenvalue weighted by Gasteiger charge is -2.33. The molecule has 0 spiro atoms. The summed E-state index contributed by atoms with van der Waals surface area (Å²) < 4.78 is 64.9. The summed E-state index contributed by atoms with van der Waals surface area (Å²) in [5.74, 6) is -0.453. The van der Waals surface area contributed by atoms with Gasteiger partial charge in [-0.1, -0.05) is 18.2 Å². The van der Waals surface area contributed by atoms with E-state index in [9.17, 15) is 22.4 Å². The highest BCUT2D eigenvalue weighted by molar-refractivity contribution is 6.63. The Balaban J connectivity index is 1.65. The van der Waals surface area contributed by atoms with E-state index in [1.807, 2.05) is 4.90 Å². The van der Waals surface area contributed by atoms with E-state index in [1.54, 1.807) is 0 Å². The van der Waals surface area contributed by atoms with Gasteiger partial charge in [0.05, 0.1) is 18.3 Å². The summed E-state index contributed by atoms with van der Waals surface area (Å²) in [6.07, 6.45) is -4.82. The highest BCUT2D eigenvalue weighted by Crippen LogP contribution is 2.33. The van der Waals surface area contributed by atoms with E-state index in [2.05, 4.69) is 0 Å². The molecule has 1 fully saturated rings. The number of carbonyl (C=O) groups is 1. The zero-order chi connectivity index (χ0) is 21.7. The van der Waals surface area contributed by atoms with E-state index in [1.165, 1.54) is 30.3 Å². The number of halogens is 5. The van der Waals surface area contributed by atoms with Crippen LogP contribution in [0, 0.1) is 5.82 Å². The maximum atomic E-state index is 14.6. The summed E-state index contributed by atoms with van der Waals surface area (Å²) in [4.78, 5) is 12.9. The van der Waals surface area contributed by atoms with Crippen molar-refractivity contribution in [2.24, 2.45) is 0 Å². The number of rotatable bonds is 7. The Bertz CT molecular complexity index is 891. The minimum absolute atomic E-state index is 0.0328. The third-order valence-corrected chi connectivity index (χ3v) is 5.00. The normalized spacial score (nSPS) is 17.7.